The molecule has 2 aromatic rings. The van der Waals surface area contributed by atoms with Gasteiger partial charge < -0.3 is 5.32 Å². The van der Waals surface area contributed by atoms with Crippen molar-refractivity contribution in [2.75, 3.05) is 13.1 Å². The fourth-order valence-corrected chi connectivity index (χ4v) is 3.09. The minimum atomic E-state index is -0.198. The van der Waals surface area contributed by atoms with Gasteiger partial charge in [0.1, 0.15) is 5.82 Å². The predicted molar refractivity (Wildman–Crippen MR) is 90.5 cm³/mol. The molecule has 0 aliphatic heterocycles. The van der Waals surface area contributed by atoms with Gasteiger partial charge in [-0.2, -0.15) is 0 Å². The van der Waals surface area contributed by atoms with Gasteiger partial charge in [-0.05, 0) is 48.4 Å². The molecule has 1 atom stereocenters. The average molecular weight is 371 g/mol. The molecule has 1 nitrogen and oxygen atoms in total. The number of rotatable bonds is 6. The van der Waals surface area contributed by atoms with Gasteiger partial charge in [-0.15, -0.1) is 0 Å². The van der Waals surface area contributed by atoms with Crippen molar-refractivity contribution in [3.05, 3.63) is 68.9 Å². The standard InChI is InChI=1S/C17H18BrClFN/c1-2-21-11-14(12-4-3-5-16(20)9-12)8-13-6-7-15(18)10-17(13)19/h3-7,9-10,14,21H,2,8,11H2,1H3. The van der Waals surface area contributed by atoms with Crippen LogP contribution < -0.4 is 5.32 Å². The quantitative estimate of drug-likeness (QED) is 0.739. The van der Waals surface area contributed by atoms with Crippen molar-refractivity contribution in [2.24, 2.45) is 0 Å². The zero-order valence-electron chi connectivity index (χ0n) is 11.9. The number of hydrogen-bond donors (Lipinski definition) is 1. The molecular formula is C17H18BrClFN. The van der Waals surface area contributed by atoms with E-state index in [9.17, 15) is 4.39 Å². The highest BCUT2D eigenvalue weighted by Gasteiger charge is 2.14. The maximum atomic E-state index is 13.5. The van der Waals surface area contributed by atoms with Crippen LogP contribution in [0.1, 0.15) is 24.0 Å². The van der Waals surface area contributed by atoms with Crippen molar-refractivity contribution in [1.29, 1.82) is 0 Å². The summed E-state index contributed by atoms with van der Waals surface area (Å²) in [5.41, 5.74) is 2.07. The molecule has 21 heavy (non-hydrogen) atoms. The Bertz CT molecular complexity index is 603. The van der Waals surface area contributed by atoms with Crippen molar-refractivity contribution >= 4 is 27.5 Å². The van der Waals surface area contributed by atoms with Crippen molar-refractivity contribution in [1.82, 2.24) is 5.32 Å². The molecule has 0 aliphatic rings. The van der Waals surface area contributed by atoms with Gasteiger partial charge in [-0.25, -0.2) is 4.39 Å². The zero-order chi connectivity index (χ0) is 15.2. The Morgan fingerprint density at radius 1 is 1.24 bits per heavy atom. The first-order valence-electron chi connectivity index (χ1n) is 7.00. The summed E-state index contributed by atoms with van der Waals surface area (Å²) in [5.74, 6) is -0.00442. The Balaban J connectivity index is 2.23. The summed E-state index contributed by atoms with van der Waals surface area (Å²) >= 11 is 9.71. The average Bonchev–Trinajstić information content (AvgIpc) is 2.45. The lowest BCUT2D eigenvalue weighted by Crippen LogP contribution is -2.22. The van der Waals surface area contributed by atoms with E-state index in [1.54, 1.807) is 12.1 Å². The van der Waals surface area contributed by atoms with E-state index in [1.165, 1.54) is 6.07 Å². The minimum Gasteiger partial charge on any atom is -0.316 e. The lowest BCUT2D eigenvalue weighted by molar-refractivity contribution is 0.583. The normalized spacial score (nSPS) is 12.4. The molecular weight excluding hydrogens is 353 g/mol. The fraction of sp³-hybridized carbons (Fsp3) is 0.294. The molecule has 0 saturated heterocycles. The van der Waals surface area contributed by atoms with Gasteiger partial charge in [0.25, 0.3) is 0 Å². The number of nitrogens with one attached hydrogen (secondary N) is 1. The van der Waals surface area contributed by atoms with E-state index < -0.39 is 0 Å². The van der Waals surface area contributed by atoms with Gasteiger partial charge in [0.2, 0.25) is 0 Å². The Kier molecular flexibility index (Phi) is 6.22. The number of halogens is 3. The Hall–Kier alpha value is -0.900. The molecule has 0 aliphatic carbocycles. The molecule has 2 aromatic carbocycles. The zero-order valence-corrected chi connectivity index (χ0v) is 14.2. The third kappa shape index (κ3) is 4.80. The summed E-state index contributed by atoms with van der Waals surface area (Å²) in [4.78, 5) is 0. The molecule has 0 radical (unpaired) electrons. The van der Waals surface area contributed by atoms with Crippen LogP contribution in [0.25, 0.3) is 0 Å². The van der Waals surface area contributed by atoms with Crippen LogP contribution in [0.3, 0.4) is 0 Å². The van der Waals surface area contributed by atoms with Gasteiger partial charge in [0, 0.05) is 22.0 Å². The van der Waals surface area contributed by atoms with Gasteiger partial charge in [0.05, 0.1) is 0 Å². The van der Waals surface area contributed by atoms with Crippen molar-refractivity contribution in [2.45, 2.75) is 19.3 Å². The summed E-state index contributed by atoms with van der Waals surface area (Å²) in [7, 11) is 0. The molecule has 0 fully saturated rings. The van der Waals surface area contributed by atoms with E-state index in [0.717, 1.165) is 40.1 Å². The largest absolute Gasteiger partial charge is 0.316 e. The first-order valence-corrected chi connectivity index (χ1v) is 8.17. The summed E-state index contributed by atoms with van der Waals surface area (Å²) in [6.07, 6.45) is 0.780. The predicted octanol–water partition coefficient (Wildman–Crippen LogP) is 5.18. The topological polar surface area (TPSA) is 12.0 Å². The number of benzene rings is 2. The highest BCUT2D eigenvalue weighted by molar-refractivity contribution is 9.10. The molecule has 1 N–H and O–H groups in total. The monoisotopic (exact) mass is 369 g/mol. The highest BCUT2D eigenvalue weighted by atomic mass is 79.9. The second-order valence-electron chi connectivity index (χ2n) is 5.00. The minimum absolute atomic E-state index is 0.194. The van der Waals surface area contributed by atoms with E-state index >= 15 is 0 Å². The molecule has 0 saturated carbocycles. The molecule has 0 bridgehead atoms. The van der Waals surface area contributed by atoms with Crippen molar-refractivity contribution in [3.8, 4) is 0 Å². The SMILES string of the molecule is CCNCC(Cc1ccc(Br)cc1Cl)c1cccc(F)c1. The van der Waals surface area contributed by atoms with Crippen LogP contribution in [-0.2, 0) is 6.42 Å². The van der Waals surface area contributed by atoms with E-state index in [-0.39, 0.29) is 11.7 Å². The van der Waals surface area contributed by atoms with Crippen molar-refractivity contribution < 1.29 is 4.39 Å². The van der Waals surface area contributed by atoms with Crippen LogP contribution in [0.4, 0.5) is 4.39 Å². The fourth-order valence-electron chi connectivity index (χ4n) is 2.34. The smallest absolute Gasteiger partial charge is 0.123 e. The second-order valence-corrected chi connectivity index (χ2v) is 6.32. The Morgan fingerprint density at radius 3 is 2.71 bits per heavy atom. The van der Waals surface area contributed by atoms with Crippen LogP contribution in [0.2, 0.25) is 5.02 Å². The van der Waals surface area contributed by atoms with E-state index in [4.69, 9.17) is 11.6 Å². The van der Waals surface area contributed by atoms with Gasteiger partial charge in [-0.1, -0.05) is 52.7 Å². The number of hydrogen-bond acceptors (Lipinski definition) is 1. The maximum Gasteiger partial charge on any atom is 0.123 e. The number of likely N-dealkylation sites (N-methyl/N-ethyl adjacent to an activating group) is 1. The lowest BCUT2D eigenvalue weighted by Gasteiger charge is -2.19. The highest BCUT2D eigenvalue weighted by Crippen LogP contribution is 2.27. The van der Waals surface area contributed by atoms with E-state index in [1.807, 2.05) is 24.3 Å². The first-order chi connectivity index (χ1) is 10.1. The van der Waals surface area contributed by atoms with Crippen LogP contribution in [0, 0.1) is 5.82 Å². The molecule has 2 rings (SSSR count). The van der Waals surface area contributed by atoms with Crippen molar-refractivity contribution in [3.63, 3.8) is 0 Å². The first kappa shape index (κ1) is 16.5. The molecule has 1 unspecified atom stereocenters. The molecule has 4 heteroatoms. The summed E-state index contributed by atoms with van der Waals surface area (Å²) in [5, 5.41) is 4.08. The molecule has 112 valence electrons. The van der Waals surface area contributed by atoms with Crippen LogP contribution in [-0.4, -0.2) is 13.1 Å². The van der Waals surface area contributed by atoms with Crippen LogP contribution in [0.15, 0.2) is 46.9 Å². The Morgan fingerprint density at radius 2 is 2.05 bits per heavy atom. The van der Waals surface area contributed by atoms with Crippen LogP contribution >= 0.6 is 27.5 Å². The lowest BCUT2D eigenvalue weighted by atomic mass is 9.91. The third-order valence-corrected chi connectivity index (χ3v) is 4.29. The van der Waals surface area contributed by atoms with E-state index in [0.29, 0.717) is 0 Å². The molecule has 0 spiro atoms. The van der Waals surface area contributed by atoms with Gasteiger partial charge >= 0.3 is 0 Å². The maximum absolute atomic E-state index is 13.5. The molecule has 0 aromatic heterocycles. The Labute approximate surface area is 138 Å². The summed E-state index contributed by atoms with van der Waals surface area (Å²) in [6, 6.07) is 12.7. The van der Waals surface area contributed by atoms with E-state index in [2.05, 4.69) is 28.2 Å². The van der Waals surface area contributed by atoms with Crippen LogP contribution in [0.5, 0.6) is 0 Å². The molecule has 0 amide bonds. The van der Waals surface area contributed by atoms with Gasteiger partial charge in [0.15, 0.2) is 0 Å². The third-order valence-electron chi connectivity index (χ3n) is 3.44. The summed E-state index contributed by atoms with van der Waals surface area (Å²) in [6.45, 7) is 3.75. The molecule has 0 heterocycles. The van der Waals surface area contributed by atoms with Gasteiger partial charge in [-0.3, -0.25) is 0 Å². The second kappa shape index (κ2) is 7.92. The summed E-state index contributed by atoms with van der Waals surface area (Å²) < 4.78 is 14.4.